The van der Waals surface area contributed by atoms with Crippen molar-refractivity contribution >= 4 is 44.2 Å². The number of nitrogens with zero attached hydrogens (tertiary/aromatic N) is 2. The molecule has 0 aliphatic carbocycles. The molecule has 1 amide bonds. The van der Waals surface area contributed by atoms with Crippen LogP contribution in [0, 0.1) is 13.8 Å². The van der Waals surface area contributed by atoms with Crippen LogP contribution in [-0.4, -0.2) is 10.9 Å². The number of fused-ring (bicyclic) bond motifs is 1. The van der Waals surface area contributed by atoms with Gasteiger partial charge in [-0.2, -0.15) is 0 Å². The van der Waals surface area contributed by atoms with Gasteiger partial charge in [0, 0.05) is 0 Å². The largest absolute Gasteiger partial charge is 0.279 e. The summed E-state index contributed by atoms with van der Waals surface area (Å²) < 4.78 is 1.08. The topological polar surface area (TPSA) is 33.2 Å². The minimum Gasteiger partial charge on any atom is -0.279 e. The van der Waals surface area contributed by atoms with E-state index < -0.39 is 0 Å². The van der Waals surface area contributed by atoms with E-state index in [-0.39, 0.29) is 5.91 Å². The molecule has 0 N–H and O–H groups in total. The summed E-state index contributed by atoms with van der Waals surface area (Å²) in [5.41, 5.74) is 4.76. The molecule has 0 bridgehead atoms. The summed E-state index contributed by atoms with van der Waals surface area (Å²) in [6.45, 7) is 4.56. The van der Waals surface area contributed by atoms with Crippen molar-refractivity contribution in [3.63, 3.8) is 0 Å². The van der Waals surface area contributed by atoms with Gasteiger partial charge >= 0.3 is 0 Å². The number of carbonyl (C=O) groups excluding carboxylic acids is 1. The number of thiazole rings is 1. The van der Waals surface area contributed by atoms with Gasteiger partial charge in [0.1, 0.15) is 0 Å². The van der Waals surface area contributed by atoms with Crippen molar-refractivity contribution in [1.29, 1.82) is 0 Å². The Morgan fingerprint density at radius 3 is 2.50 bits per heavy atom. The lowest BCUT2D eigenvalue weighted by molar-refractivity contribution is 0.0985. The maximum absolute atomic E-state index is 13.4. The first-order valence-corrected chi connectivity index (χ1v) is 10.2. The van der Waals surface area contributed by atoms with Gasteiger partial charge in [0.25, 0.3) is 5.91 Å². The Hall–Kier alpha value is -2.69. The maximum atomic E-state index is 13.4. The molecule has 0 spiro atoms. The summed E-state index contributed by atoms with van der Waals surface area (Å²) in [4.78, 5) is 19.9. The highest BCUT2D eigenvalue weighted by Gasteiger charge is 2.23. The fourth-order valence-electron chi connectivity index (χ4n) is 3.25. The smallest absolute Gasteiger partial charge is 0.261 e. The second-order valence-electron chi connectivity index (χ2n) is 6.78. The fourth-order valence-corrected chi connectivity index (χ4v) is 4.60. The molecule has 4 aromatic rings. The minimum absolute atomic E-state index is 0.150. The van der Waals surface area contributed by atoms with E-state index in [4.69, 9.17) is 16.6 Å². The quantitative estimate of drug-likeness (QED) is 0.392. The zero-order valence-corrected chi connectivity index (χ0v) is 17.2. The minimum atomic E-state index is -0.150. The number of anilines is 1. The maximum Gasteiger partial charge on any atom is 0.261 e. The van der Waals surface area contributed by atoms with Gasteiger partial charge in [0.2, 0.25) is 0 Å². The lowest BCUT2D eigenvalue weighted by Gasteiger charge is -2.20. The molecule has 28 heavy (non-hydrogen) atoms. The molecule has 140 valence electrons. The molecule has 3 nitrogen and oxygen atoms in total. The number of hydrogen-bond acceptors (Lipinski definition) is 3. The first-order chi connectivity index (χ1) is 13.5. The Balaban J connectivity index is 1.82. The summed E-state index contributed by atoms with van der Waals surface area (Å²) in [5, 5.41) is 1.12. The molecular formula is C23H19ClN2OS. The van der Waals surface area contributed by atoms with Crippen molar-refractivity contribution in [2.24, 2.45) is 0 Å². The number of halogens is 1. The number of benzene rings is 3. The Morgan fingerprint density at radius 1 is 1.04 bits per heavy atom. The molecule has 0 radical (unpaired) electrons. The van der Waals surface area contributed by atoms with Gasteiger partial charge in [-0.15, -0.1) is 0 Å². The van der Waals surface area contributed by atoms with Crippen LogP contribution in [0.2, 0.25) is 5.02 Å². The third-order valence-corrected chi connectivity index (χ3v) is 5.94. The molecule has 1 heterocycles. The SMILES string of the molecule is Cc1cc(C)c2nc(N(Cc3ccccc3)C(=O)c3ccccc3Cl)sc2c1. The number of amides is 1. The van der Waals surface area contributed by atoms with Crippen molar-refractivity contribution < 1.29 is 4.79 Å². The van der Waals surface area contributed by atoms with E-state index in [9.17, 15) is 4.79 Å². The first-order valence-electron chi connectivity index (χ1n) is 9.01. The molecule has 0 aliphatic rings. The Bertz CT molecular complexity index is 1150. The van der Waals surface area contributed by atoms with E-state index in [2.05, 4.69) is 26.0 Å². The lowest BCUT2D eigenvalue weighted by Crippen LogP contribution is -2.30. The molecule has 3 aromatic carbocycles. The molecule has 1 aromatic heterocycles. The molecule has 0 atom stereocenters. The zero-order chi connectivity index (χ0) is 19.7. The second kappa shape index (κ2) is 7.74. The third kappa shape index (κ3) is 3.66. The third-order valence-electron chi connectivity index (χ3n) is 4.58. The Kier molecular flexibility index (Phi) is 5.16. The van der Waals surface area contributed by atoms with E-state index in [1.807, 2.05) is 42.5 Å². The monoisotopic (exact) mass is 406 g/mol. The summed E-state index contributed by atoms with van der Waals surface area (Å²) in [6.07, 6.45) is 0. The van der Waals surface area contributed by atoms with Gasteiger partial charge < -0.3 is 0 Å². The van der Waals surface area contributed by atoms with Crippen LogP contribution in [-0.2, 0) is 6.54 Å². The molecular weight excluding hydrogens is 388 g/mol. The highest BCUT2D eigenvalue weighted by atomic mass is 35.5. The Labute approximate surface area is 173 Å². The van der Waals surface area contributed by atoms with E-state index >= 15 is 0 Å². The van der Waals surface area contributed by atoms with Crippen LogP contribution in [0.3, 0.4) is 0 Å². The van der Waals surface area contributed by atoms with E-state index in [1.165, 1.54) is 16.9 Å². The van der Waals surface area contributed by atoms with Crippen LogP contribution >= 0.6 is 22.9 Å². The van der Waals surface area contributed by atoms with Gasteiger partial charge in [-0.3, -0.25) is 9.69 Å². The van der Waals surface area contributed by atoms with Crippen LogP contribution in [0.4, 0.5) is 5.13 Å². The van der Waals surface area contributed by atoms with Crippen LogP contribution in [0.5, 0.6) is 0 Å². The molecule has 0 saturated carbocycles. The Morgan fingerprint density at radius 2 is 1.75 bits per heavy atom. The summed E-state index contributed by atoms with van der Waals surface area (Å²) in [6, 6.07) is 21.3. The number of aromatic nitrogens is 1. The van der Waals surface area contributed by atoms with Gasteiger partial charge in [0.05, 0.1) is 27.3 Å². The second-order valence-corrected chi connectivity index (χ2v) is 8.20. The summed E-state index contributed by atoms with van der Waals surface area (Å²) in [5.74, 6) is -0.150. The van der Waals surface area contributed by atoms with Crippen LogP contribution in [0.1, 0.15) is 27.0 Å². The van der Waals surface area contributed by atoms with Crippen molar-refractivity contribution in [2.75, 3.05) is 4.90 Å². The zero-order valence-electron chi connectivity index (χ0n) is 15.6. The van der Waals surface area contributed by atoms with E-state index in [1.54, 1.807) is 17.0 Å². The number of rotatable bonds is 4. The molecule has 0 aliphatic heterocycles. The highest BCUT2D eigenvalue weighted by molar-refractivity contribution is 7.22. The highest BCUT2D eigenvalue weighted by Crippen LogP contribution is 2.33. The van der Waals surface area contributed by atoms with Gasteiger partial charge in [-0.25, -0.2) is 4.98 Å². The molecule has 0 unspecified atom stereocenters. The van der Waals surface area contributed by atoms with Crippen LogP contribution in [0.25, 0.3) is 10.2 Å². The first kappa shape index (κ1) is 18.7. The number of aryl methyl sites for hydroxylation is 2. The van der Waals surface area contributed by atoms with Gasteiger partial charge in [-0.05, 0) is 48.7 Å². The van der Waals surface area contributed by atoms with Crippen molar-refractivity contribution in [3.05, 3.63) is 94.0 Å². The lowest BCUT2D eigenvalue weighted by atomic mass is 10.1. The average molecular weight is 407 g/mol. The molecule has 5 heteroatoms. The molecule has 4 rings (SSSR count). The average Bonchev–Trinajstić information content (AvgIpc) is 3.11. The fraction of sp³-hybridized carbons (Fsp3) is 0.130. The van der Waals surface area contributed by atoms with Crippen molar-refractivity contribution in [2.45, 2.75) is 20.4 Å². The van der Waals surface area contributed by atoms with Crippen LogP contribution < -0.4 is 4.90 Å². The normalized spacial score (nSPS) is 11.0. The van der Waals surface area contributed by atoms with Crippen molar-refractivity contribution in [1.82, 2.24) is 4.98 Å². The van der Waals surface area contributed by atoms with E-state index in [0.717, 1.165) is 21.3 Å². The number of hydrogen-bond donors (Lipinski definition) is 0. The predicted octanol–water partition coefficient (Wildman–Crippen LogP) is 6.41. The molecule has 0 saturated heterocycles. The standard InChI is InChI=1S/C23H19ClN2OS/c1-15-12-16(2)21-20(13-15)28-23(25-21)26(14-17-8-4-3-5-9-17)22(27)18-10-6-7-11-19(18)24/h3-13H,14H2,1-2H3. The van der Waals surface area contributed by atoms with Crippen molar-refractivity contribution in [3.8, 4) is 0 Å². The molecule has 0 fully saturated rings. The van der Waals surface area contributed by atoms with Gasteiger partial charge in [-0.1, -0.05) is 71.5 Å². The summed E-state index contributed by atoms with van der Waals surface area (Å²) in [7, 11) is 0. The van der Waals surface area contributed by atoms with Gasteiger partial charge in [0.15, 0.2) is 5.13 Å². The predicted molar refractivity (Wildman–Crippen MR) is 118 cm³/mol. The van der Waals surface area contributed by atoms with E-state index in [0.29, 0.717) is 22.3 Å². The summed E-state index contributed by atoms with van der Waals surface area (Å²) >= 11 is 7.85. The van der Waals surface area contributed by atoms with Crippen LogP contribution in [0.15, 0.2) is 66.7 Å². The number of carbonyl (C=O) groups is 1.